The second-order valence-electron chi connectivity index (χ2n) is 7.40. The first kappa shape index (κ1) is 24.9. The quantitative estimate of drug-likeness (QED) is 0.319. The molecule has 0 saturated heterocycles. The van der Waals surface area contributed by atoms with Gasteiger partial charge in [-0.05, 0) is 55.0 Å². The van der Waals surface area contributed by atoms with E-state index in [1.165, 1.54) is 11.8 Å². The molecule has 0 saturated carbocycles. The summed E-state index contributed by atoms with van der Waals surface area (Å²) >= 11 is 13.4. The maximum atomic E-state index is 12.5. The Bertz CT molecular complexity index is 1320. The first-order chi connectivity index (χ1) is 16.9. The fourth-order valence-electron chi connectivity index (χ4n) is 3.22. The highest BCUT2D eigenvalue weighted by Crippen LogP contribution is 2.40. The third kappa shape index (κ3) is 6.28. The number of aliphatic hydroxyl groups excluding tert-OH is 1. The third-order valence-corrected chi connectivity index (χ3v) is 6.55. The fraction of sp³-hybridized carbons (Fsp3) is 0.111. The highest BCUT2D eigenvalue weighted by molar-refractivity contribution is 8.18. The molecule has 1 aliphatic heterocycles. The number of aliphatic imine (C=N–C) groups is 1. The van der Waals surface area contributed by atoms with Crippen molar-refractivity contribution >= 4 is 57.7 Å². The summed E-state index contributed by atoms with van der Waals surface area (Å²) in [7, 11) is 0. The van der Waals surface area contributed by atoms with Crippen LogP contribution in [0.3, 0.4) is 0 Å². The zero-order chi connectivity index (χ0) is 24.8. The predicted molar refractivity (Wildman–Crippen MR) is 143 cm³/mol. The number of thioether (sulfide) groups is 1. The maximum Gasteiger partial charge on any atom is 0.344 e. The predicted octanol–water partition coefficient (Wildman–Crippen LogP) is 7.77. The van der Waals surface area contributed by atoms with Crippen LogP contribution in [0.25, 0.3) is 6.08 Å². The molecule has 3 aromatic rings. The molecule has 0 aromatic heterocycles. The van der Waals surface area contributed by atoms with E-state index < -0.39 is 5.97 Å². The monoisotopic (exact) mass is 525 g/mol. The summed E-state index contributed by atoms with van der Waals surface area (Å²) in [5, 5.41) is 12.3. The average molecular weight is 526 g/mol. The lowest BCUT2D eigenvalue weighted by molar-refractivity contribution is -0.138. The van der Waals surface area contributed by atoms with Crippen LogP contribution in [-0.2, 0) is 16.1 Å². The molecule has 1 heterocycles. The van der Waals surface area contributed by atoms with Gasteiger partial charge in [0.15, 0.2) is 0 Å². The standard InChI is InChI=1S/C27H21Cl2NO4S/c1-2-33-27(32)24-25(31)23(35-26(24)30-20-6-4-3-5-7-20)14-17-8-12-21(13-9-17)34-16-18-10-11-19(28)15-22(18)29/h3-15,31H,2,16H2,1H3/b23-14-,30-26?. The molecule has 1 N–H and O–H groups in total. The van der Waals surface area contributed by atoms with Crippen molar-refractivity contribution in [2.75, 3.05) is 6.61 Å². The molecule has 0 spiro atoms. The van der Waals surface area contributed by atoms with Gasteiger partial charge in [-0.25, -0.2) is 9.79 Å². The highest BCUT2D eigenvalue weighted by atomic mass is 35.5. The number of carbonyl (C=O) groups excluding carboxylic acids is 1. The van der Waals surface area contributed by atoms with E-state index in [0.717, 1.165) is 11.1 Å². The Morgan fingerprint density at radius 3 is 2.49 bits per heavy atom. The Hall–Kier alpha value is -3.19. The first-order valence-corrected chi connectivity index (χ1v) is 12.3. The summed E-state index contributed by atoms with van der Waals surface area (Å²) in [4.78, 5) is 17.6. The minimum absolute atomic E-state index is 0.0618. The molecule has 0 aliphatic carbocycles. The number of esters is 1. The number of benzene rings is 3. The van der Waals surface area contributed by atoms with Gasteiger partial charge in [-0.15, -0.1) is 0 Å². The van der Waals surface area contributed by atoms with Crippen LogP contribution in [0.1, 0.15) is 18.1 Å². The number of hydrogen-bond acceptors (Lipinski definition) is 6. The molecule has 0 radical (unpaired) electrons. The van der Waals surface area contributed by atoms with Gasteiger partial charge < -0.3 is 14.6 Å². The van der Waals surface area contributed by atoms with E-state index in [1.807, 2.05) is 60.7 Å². The van der Waals surface area contributed by atoms with Crippen LogP contribution in [0.4, 0.5) is 5.69 Å². The van der Waals surface area contributed by atoms with Crippen molar-refractivity contribution in [2.24, 2.45) is 4.99 Å². The molecule has 0 bridgehead atoms. The second-order valence-corrected chi connectivity index (χ2v) is 9.27. The first-order valence-electron chi connectivity index (χ1n) is 10.8. The second kappa shape index (κ2) is 11.5. The van der Waals surface area contributed by atoms with Gasteiger partial charge in [-0.2, -0.15) is 0 Å². The number of carbonyl (C=O) groups is 1. The summed E-state index contributed by atoms with van der Waals surface area (Å²) in [5.41, 5.74) is 2.39. The Balaban J connectivity index is 1.54. The van der Waals surface area contributed by atoms with Crippen molar-refractivity contribution in [2.45, 2.75) is 13.5 Å². The number of aliphatic hydroxyl groups is 1. The van der Waals surface area contributed by atoms with Gasteiger partial charge in [0.25, 0.3) is 0 Å². The van der Waals surface area contributed by atoms with Crippen LogP contribution in [-0.4, -0.2) is 22.7 Å². The third-order valence-electron chi connectivity index (χ3n) is 4.94. The minimum Gasteiger partial charge on any atom is -0.506 e. The number of nitrogens with zero attached hydrogens (tertiary/aromatic N) is 1. The molecule has 0 unspecified atom stereocenters. The van der Waals surface area contributed by atoms with Gasteiger partial charge in [-0.3, -0.25) is 0 Å². The molecule has 0 atom stereocenters. The molecule has 0 fully saturated rings. The molecule has 35 heavy (non-hydrogen) atoms. The normalized spacial score (nSPS) is 15.6. The lowest BCUT2D eigenvalue weighted by Gasteiger charge is -2.08. The average Bonchev–Trinajstić information content (AvgIpc) is 3.14. The number of rotatable bonds is 7. The molecule has 5 nitrogen and oxygen atoms in total. The highest BCUT2D eigenvalue weighted by Gasteiger charge is 2.33. The summed E-state index contributed by atoms with van der Waals surface area (Å²) in [6, 6.07) is 21.9. The van der Waals surface area contributed by atoms with Gasteiger partial charge in [-0.1, -0.05) is 71.4 Å². The molecule has 1 aliphatic rings. The molecule has 4 rings (SSSR count). The lowest BCUT2D eigenvalue weighted by atomic mass is 10.1. The van der Waals surface area contributed by atoms with E-state index in [-0.39, 0.29) is 17.9 Å². The lowest BCUT2D eigenvalue weighted by Crippen LogP contribution is -2.12. The van der Waals surface area contributed by atoms with E-state index >= 15 is 0 Å². The van der Waals surface area contributed by atoms with E-state index in [9.17, 15) is 9.90 Å². The summed E-state index contributed by atoms with van der Waals surface area (Å²) in [5.74, 6) is -0.100. The van der Waals surface area contributed by atoms with Gasteiger partial charge in [0.1, 0.15) is 28.7 Å². The summed E-state index contributed by atoms with van der Waals surface area (Å²) in [6.07, 6.45) is 1.78. The zero-order valence-corrected chi connectivity index (χ0v) is 21.0. The molecular weight excluding hydrogens is 505 g/mol. The van der Waals surface area contributed by atoms with Crippen molar-refractivity contribution < 1.29 is 19.4 Å². The zero-order valence-electron chi connectivity index (χ0n) is 18.7. The summed E-state index contributed by atoms with van der Waals surface area (Å²) in [6.45, 7) is 2.21. The molecule has 3 aromatic carbocycles. The van der Waals surface area contributed by atoms with Crippen LogP contribution in [0.5, 0.6) is 5.75 Å². The van der Waals surface area contributed by atoms with Gasteiger partial charge in [0.05, 0.1) is 17.2 Å². The number of hydrogen-bond donors (Lipinski definition) is 1. The number of halogens is 2. The van der Waals surface area contributed by atoms with Crippen LogP contribution in [0.2, 0.25) is 10.0 Å². The SMILES string of the molecule is CCOC(=O)C1=C(O)/C(=C/c2ccc(OCc3ccc(Cl)cc3Cl)cc2)SC1=Nc1ccccc1. The van der Waals surface area contributed by atoms with Crippen LogP contribution >= 0.6 is 35.0 Å². The largest absolute Gasteiger partial charge is 0.506 e. The van der Waals surface area contributed by atoms with Gasteiger partial charge in [0.2, 0.25) is 0 Å². The fourth-order valence-corrected chi connectivity index (χ4v) is 4.72. The van der Waals surface area contributed by atoms with Crippen molar-refractivity contribution in [1.82, 2.24) is 0 Å². The Morgan fingerprint density at radius 2 is 1.80 bits per heavy atom. The number of ether oxygens (including phenoxy) is 2. The van der Waals surface area contributed by atoms with Crippen molar-refractivity contribution in [1.29, 1.82) is 0 Å². The topological polar surface area (TPSA) is 68.1 Å². The van der Waals surface area contributed by atoms with Crippen molar-refractivity contribution in [3.05, 3.63) is 110 Å². The van der Waals surface area contributed by atoms with Crippen LogP contribution in [0.15, 0.2) is 94.0 Å². The smallest absolute Gasteiger partial charge is 0.344 e. The molecule has 0 amide bonds. The van der Waals surface area contributed by atoms with Gasteiger partial charge >= 0.3 is 5.97 Å². The van der Waals surface area contributed by atoms with E-state index in [1.54, 1.807) is 25.1 Å². The van der Waals surface area contributed by atoms with Crippen LogP contribution < -0.4 is 4.74 Å². The maximum absolute atomic E-state index is 12.5. The molecular formula is C27H21Cl2NO4S. The Labute approximate surface area is 217 Å². The summed E-state index contributed by atoms with van der Waals surface area (Å²) < 4.78 is 11.0. The minimum atomic E-state index is -0.611. The van der Waals surface area contributed by atoms with Gasteiger partial charge in [0, 0.05) is 15.6 Å². The van der Waals surface area contributed by atoms with Crippen molar-refractivity contribution in [3.8, 4) is 5.75 Å². The van der Waals surface area contributed by atoms with E-state index in [4.69, 9.17) is 32.7 Å². The molecule has 178 valence electrons. The van der Waals surface area contributed by atoms with E-state index in [0.29, 0.717) is 38.0 Å². The molecule has 8 heteroatoms. The number of para-hydroxylation sites is 1. The van der Waals surface area contributed by atoms with Crippen molar-refractivity contribution in [3.63, 3.8) is 0 Å². The Kier molecular flexibility index (Phi) is 8.18. The van der Waals surface area contributed by atoms with E-state index in [2.05, 4.69) is 4.99 Å². The van der Waals surface area contributed by atoms with Crippen LogP contribution in [0, 0.1) is 0 Å². The Morgan fingerprint density at radius 1 is 1.06 bits per heavy atom.